The van der Waals surface area contributed by atoms with Gasteiger partial charge in [-0.1, -0.05) is 5.11 Å². The van der Waals surface area contributed by atoms with Gasteiger partial charge in [0, 0.05) is 29.2 Å². The van der Waals surface area contributed by atoms with Crippen molar-refractivity contribution in [2.75, 3.05) is 12.0 Å². The molecule has 0 amide bonds. The maximum Gasteiger partial charge on any atom is 0.177 e. The number of nitrogens with two attached hydrogens (primary N) is 2. The second-order valence-electron chi connectivity index (χ2n) is 3.42. The van der Waals surface area contributed by atoms with Crippen LogP contribution in [0.25, 0.3) is 10.4 Å². The van der Waals surface area contributed by atoms with Gasteiger partial charge in [0.05, 0.1) is 5.69 Å². The Morgan fingerprint density at radius 3 is 2.84 bits per heavy atom. The first-order valence-electron chi connectivity index (χ1n) is 5.08. The lowest BCUT2D eigenvalue weighted by atomic mass is 9.96. The molecule has 10 nitrogen and oxygen atoms in total. The maximum atomic E-state index is 10.8. The second-order valence-corrected chi connectivity index (χ2v) is 3.42. The summed E-state index contributed by atoms with van der Waals surface area (Å²) in [7, 11) is 0. The first-order valence-corrected chi connectivity index (χ1v) is 5.08. The molecule has 0 aliphatic rings. The van der Waals surface area contributed by atoms with Gasteiger partial charge in [0.2, 0.25) is 0 Å². The molecule has 0 saturated carbocycles. The molecule has 1 atom stereocenters. The van der Waals surface area contributed by atoms with Crippen molar-refractivity contribution in [1.82, 2.24) is 0 Å². The molecule has 10 heteroatoms. The minimum atomic E-state index is -0.699. The molecule has 1 rings (SSSR count). The van der Waals surface area contributed by atoms with Crippen LogP contribution in [0.2, 0.25) is 0 Å². The monoisotopic (exact) mass is 264 g/mol. The fraction of sp³-hybridized carbons (Fsp3) is 0.222. The Morgan fingerprint density at radius 1 is 1.63 bits per heavy atom. The van der Waals surface area contributed by atoms with Crippen LogP contribution >= 0.6 is 0 Å². The van der Waals surface area contributed by atoms with Crippen LogP contribution in [0.5, 0.6) is 5.75 Å². The summed E-state index contributed by atoms with van der Waals surface area (Å²) in [5, 5.41) is 13.5. The van der Waals surface area contributed by atoms with E-state index in [9.17, 15) is 4.91 Å². The molecule has 1 aromatic rings. The standard InChI is InChI=1S/C9H12N8O2/c10-3-5(4-14-17-12)8-6(16-18)1-2-7(15-11)9(8)19-13/h1-3,5,10,15H,4,11,13H2. The summed E-state index contributed by atoms with van der Waals surface area (Å²) >= 11 is 0. The van der Waals surface area contributed by atoms with E-state index in [-0.39, 0.29) is 23.5 Å². The van der Waals surface area contributed by atoms with E-state index in [0.717, 1.165) is 6.21 Å². The average Bonchev–Trinajstić information content (AvgIpc) is 2.46. The van der Waals surface area contributed by atoms with Gasteiger partial charge in [0.1, 0.15) is 5.69 Å². The SMILES string of the molecule is [N-]=[N+]=NCC(C=N)c1c(N=O)ccc(NN)c1ON. The fourth-order valence-electron chi connectivity index (χ4n) is 1.62. The molecule has 0 spiro atoms. The Balaban J connectivity index is 3.45. The Morgan fingerprint density at radius 2 is 2.37 bits per heavy atom. The molecule has 0 heterocycles. The van der Waals surface area contributed by atoms with E-state index in [1.54, 1.807) is 0 Å². The van der Waals surface area contributed by atoms with Gasteiger partial charge >= 0.3 is 0 Å². The second kappa shape index (κ2) is 6.91. The number of benzene rings is 1. The van der Waals surface area contributed by atoms with Crippen molar-refractivity contribution in [2.24, 2.45) is 22.0 Å². The highest BCUT2D eigenvalue weighted by Crippen LogP contribution is 2.39. The average molecular weight is 264 g/mol. The van der Waals surface area contributed by atoms with Crippen LogP contribution in [0.3, 0.4) is 0 Å². The van der Waals surface area contributed by atoms with Crippen LogP contribution < -0.4 is 22.0 Å². The summed E-state index contributed by atoms with van der Waals surface area (Å²) < 4.78 is 0. The van der Waals surface area contributed by atoms with Gasteiger partial charge in [-0.15, -0.1) is 4.91 Å². The lowest BCUT2D eigenvalue weighted by Crippen LogP contribution is -2.15. The number of hydrogen-bond donors (Lipinski definition) is 4. The molecule has 0 bridgehead atoms. The van der Waals surface area contributed by atoms with Crippen molar-refractivity contribution in [2.45, 2.75) is 5.92 Å². The number of nitrogen functional groups attached to an aromatic ring is 1. The van der Waals surface area contributed by atoms with E-state index in [2.05, 4.69) is 20.6 Å². The van der Waals surface area contributed by atoms with E-state index in [1.165, 1.54) is 12.1 Å². The summed E-state index contributed by atoms with van der Waals surface area (Å²) in [6.07, 6.45) is 1.00. The molecule has 0 aliphatic heterocycles. The van der Waals surface area contributed by atoms with Crippen LogP contribution in [0, 0.1) is 10.3 Å². The summed E-state index contributed by atoms with van der Waals surface area (Å²) in [4.78, 5) is 18.1. The molecule has 1 aromatic carbocycles. The van der Waals surface area contributed by atoms with Crippen molar-refractivity contribution < 1.29 is 4.84 Å². The molecule has 19 heavy (non-hydrogen) atoms. The van der Waals surface area contributed by atoms with Crippen molar-refractivity contribution in [1.29, 1.82) is 5.41 Å². The van der Waals surface area contributed by atoms with E-state index >= 15 is 0 Å². The maximum absolute atomic E-state index is 10.8. The van der Waals surface area contributed by atoms with Crippen molar-refractivity contribution in [3.8, 4) is 5.75 Å². The van der Waals surface area contributed by atoms with Gasteiger partial charge in [-0.2, -0.15) is 5.90 Å². The first-order chi connectivity index (χ1) is 9.23. The quantitative estimate of drug-likeness (QED) is 0.111. The molecule has 100 valence electrons. The zero-order valence-corrected chi connectivity index (χ0v) is 9.78. The number of nitroso groups, excluding NO2 is 1. The van der Waals surface area contributed by atoms with Crippen molar-refractivity contribution in [3.63, 3.8) is 0 Å². The third-order valence-corrected chi connectivity index (χ3v) is 2.46. The Labute approximate surface area is 107 Å². The number of anilines is 1. The number of nitrogens with one attached hydrogen (secondary N) is 2. The van der Waals surface area contributed by atoms with Gasteiger partial charge in [0.25, 0.3) is 0 Å². The molecule has 0 aliphatic carbocycles. The van der Waals surface area contributed by atoms with Crippen LogP contribution in [-0.4, -0.2) is 12.8 Å². The predicted octanol–water partition coefficient (Wildman–Crippen LogP) is 1.67. The van der Waals surface area contributed by atoms with Gasteiger partial charge < -0.3 is 15.7 Å². The number of nitrogens with zero attached hydrogens (tertiary/aromatic N) is 4. The highest BCUT2D eigenvalue weighted by molar-refractivity contribution is 5.77. The number of azide groups is 1. The van der Waals surface area contributed by atoms with E-state index in [0.29, 0.717) is 5.69 Å². The highest BCUT2D eigenvalue weighted by atomic mass is 16.6. The normalized spacial score (nSPS) is 11.1. The summed E-state index contributed by atoms with van der Waals surface area (Å²) in [5.74, 6) is 9.82. The summed E-state index contributed by atoms with van der Waals surface area (Å²) in [5.41, 5.74) is 11.2. The number of rotatable bonds is 7. The van der Waals surface area contributed by atoms with Crippen LogP contribution in [-0.2, 0) is 0 Å². The largest absolute Gasteiger partial charge is 0.409 e. The molecule has 0 saturated heterocycles. The summed E-state index contributed by atoms with van der Waals surface area (Å²) in [6.45, 7) is -0.0765. The Kier molecular flexibility index (Phi) is 5.23. The minimum Gasteiger partial charge on any atom is -0.409 e. The molecule has 0 aromatic heterocycles. The topological polar surface area (TPSA) is 175 Å². The van der Waals surface area contributed by atoms with Crippen LogP contribution in [0.4, 0.5) is 11.4 Å². The van der Waals surface area contributed by atoms with E-state index in [4.69, 9.17) is 27.5 Å². The van der Waals surface area contributed by atoms with Gasteiger partial charge in [0.15, 0.2) is 5.75 Å². The van der Waals surface area contributed by atoms with Crippen molar-refractivity contribution >= 4 is 17.6 Å². The van der Waals surface area contributed by atoms with Crippen LogP contribution in [0.1, 0.15) is 11.5 Å². The molecule has 1 unspecified atom stereocenters. The Hall–Kier alpha value is -2.68. The predicted molar refractivity (Wildman–Crippen MR) is 70.1 cm³/mol. The summed E-state index contributed by atoms with van der Waals surface area (Å²) in [6, 6.07) is 2.85. The zero-order chi connectivity index (χ0) is 14.3. The van der Waals surface area contributed by atoms with E-state index in [1.807, 2.05) is 0 Å². The Bertz CT molecular complexity index is 525. The molecular weight excluding hydrogens is 252 g/mol. The molecule has 0 radical (unpaired) electrons. The lowest BCUT2D eigenvalue weighted by molar-refractivity contribution is 0.332. The van der Waals surface area contributed by atoms with Crippen LogP contribution in [0.15, 0.2) is 22.4 Å². The molecular formula is C9H12N8O2. The highest BCUT2D eigenvalue weighted by Gasteiger charge is 2.22. The molecule has 0 fully saturated rings. The van der Waals surface area contributed by atoms with E-state index < -0.39 is 5.92 Å². The van der Waals surface area contributed by atoms with Gasteiger partial charge in [-0.3, -0.25) is 5.84 Å². The third kappa shape index (κ3) is 2.96. The number of hydrazine groups is 1. The van der Waals surface area contributed by atoms with Gasteiger partial charge in [-0.05, 0) is 22.8 Å². The minimum absolute atomic E-state index is 0.0288. The lowest BCUT2D eigenvalue weighted by Gasteiger charge is -2.17. The fourth-order valence-corrected chi connectivity index (χ4v) is 1.62. The third-order valence-electron chi connectivity index (χ3n) is 2.46. The van der Waals surface area contributed by atoms with Gasteiger partial charge in [-0.25, -0.2) is 0 Å². The molecule has 6 N–H and O–H groups in total. The smallest absolute Gasteiger partial charge is 0.177 e. The van der Waals surface area contributed by atoms with Crippen molar-refractivity contribution in [3.05, 3.63) is 33.0 Å². The number of hydrogen-bond acceptors (Lipinski definition) is 8. The zero-order valence-electron chi connectivity index (χ0n) is 9.78. The first kappa shape index (κ1) is 14.4.